The lowest BCUT2D eigenvalue weighted by Crippen LogP contribution is -2.44. The molecule has 0 spiro atoms. The van der Waals surface area contributed by atoms with Gasteiger partial charge in [0.15, 0.2) is 0 Å². The average Bonchev–Trinajstić information content (AvgIpc) is 2.98. The van der Waals surface area contributed by atoms with Gasteiger partial charge in [-0.25, -0.2) is 14.2 Å². The van der Waals surface area contributed by atoms with Gasteiger partial charge in [0.05, 0.1) is 12.6 Å². The summed E-state index contributed by atoms with van der Waals surface area (Å²) in [4.78, 5) is 35.2. The highest BCUT2D eigenvalue weighted by Crippen LogP contribution is 2.20. The summed E-state index contributed by atoms with van der Waals surface area (Å²) in [6.45, 7) is 3.29. The van der Waals surface area contributed by atoms with Crippen molar-refractivity contribution in [3.05, 3.63) is 83.6 Å². The number of pyridine rings is 2. The van der Waals surface area contributed by atoms with Crippen molar-refractivity contribution < 1.29 is 23.8 Å². The molecule has 41 heavy (non-hydrogen) atoms. The fraction of sp³-hybridized carbons (Fsp3) is 0.419. The van der Waals surface area contributed by atoms with Crippen LogP contribution in [0.1, 0.15) is 42.6 Å². The van der Waals surface area contributed by atoms with Gasteiger partial charge in [0.2, 0.25) is 5.91 Å². The fourth-order valence-corrected chi connectivity index (χ4v) is 4.78. The van der Waals surface area contributed by atoms with E-state index in [4.69, 9.17) is 9.72 Å². The largest absolute Gasteiger partial charge is 0.492 e. The van der Waals surface area contributed by atoms with Crippen molar-refractivity contribution in [3.8, 4) is 5.75 Å². The van der Waals surface area contributed by atoms with Gasteiger partial charge in [-0.05, 0) is 81.0 Å². The van der Waals surface area contributed by atoms with Crippen molar-refractivity contribution in [1.82, 2.24) is 20.2 Å². The molecule has 1 unspecified atom stereocenters. The molecule has 1 atom stereocenters. The summed E-state index contributed by atoms with van der Waals surface area (Å²) in [6, 6.07) is 15.4. The molecule has 3 heterocycles. The van der Waals surface area contributed by atoms with E-state index < -0.39 is 23.7 Å². The maximum Gasteiger partial charge on any atom is 0.326 e. The summed E-state index contributed by atoms with van der Waals surface area (Å²) < 4.78 is 19.0. The molecule has 3 aromatic rings. The Hall–Kier alpha value is -4.05. The van der Waals surface area contributed by atoms with Crippen molar-refractivity contribution in [3.63, 3.8) is 0 Å². The zero-order valence-corrected chi connectivity index (χ0v) is 23.2. The predicted molar refractivity (Wildman–Crippen MR) is 154 cm³/mol. The van der Waals surface area contributed by atoms with Crippen LogP contribution in [0.3, 0.4) is 0 Å². The molecule has 0 aliphatic carbocycles. The zero-order chi connectivity index (χ0) is 28.9. The van der Waals surface area contributed by atoms with Gasteiger partial charge in [0.1, 0.15) is 30.0 Å². The second kappa shape index (κ2) is 15.7. The highest BCUT2D eigenvalue weighted by molar-refractivity contribution is 5.84. The zero-order valence-electron chi connectivity index (χ0n) is 23.2. The predicted octanol–water partition coefficient (Wildman–Crippen LogP) is 3.88. The number of halogens is 1. The molecule has 0 radical (unpaired) electrons. The lowest BCUT2D eigenvalue weighted by atomic mass is 10.1. The number of unbranched alkanes of at least 4 members (excludes halogenated alkanes) is 1. The van der Waals surface area contributed by atoms with Gasteiger partial charge < -0.3 is 20.5 Å². The molecule has 0 bridgehead atoms. The molecular formula is C31H38FN5O4. The highest BCUT2D eigenvalue weighted by atomic mass is 19.1. The average molecular weight is 564 g/mol. The summed E-state index contributed by atoms with van der Waals surface area (Å²) >= 11 is 0. The number of hydrogen-bond acceptors (Lipinski definition) is 7. The van der Waals surface area contributed by atoms with E-state index in [2.05, 4.69) is 32.7 Å². The smallest absolute Gasteiger partial charge is 0.326 e. The number of carboxylic acids is 1. The third-order valence-electron chi connectivity index (χ3n) is 7.03. The SMILES string of the molecule is O=C(Cc1ccc(F)cn1)NC(CCN(CCCCc1ccc2c(n1)NCCC2)CCOc1ccccc1)C(=O)O. The quantitative estimate of drug-likeness (QED) is 0.225. The van der Waals surface area contributed by atoms with Gasteiger partial charge >= 0.3 is 5.97 Å². The Morgan fingerprint density at radius 3 is 2.66 bits per heavy atom. The number of nitrogens with zero attached hydrogens (tertiary/aromatic N) is 3. The standard InChI is InChI=1S/C31H38FN5O4/c32-24-12-14-26(34-22-24)21-29(38)36-28(31(39)40)15-18-37(19-20-41-27-9-2-1-3-10-27)17-5-4-8-25-13-11-23-7-6-16-33-30(23)35-25/h1-3,9-14,22,28H,4-8,15-21H2,(H,33,35)(H,36,38)(H,39,40). The number of para-hydroxylation sites is 1. The minimum atomic E-state index is -1.10. The first-order valence-electron chi connectivity index (χ1n) is 14.2. The molecule has 1 aromatic carbocycles. The lowest BCUT2D eigenvalue weighted by Gasteiger charge is -2.24. The number of carboxylic acid groups (broad SMARTS) is 1. The number of anilines is 1. The van der Waals surface area contributed by atoms with Crippen LogP contribution in [0.2, 0.25) is 0 Å². The number of hydrogen-bond donors (Lipinski definition) is 3. The maximum atomic E-state index is 13.1. The van der Waals surface area contributed by atoms with Crippen molar-refractivity contribution in [2.24, 2.45) is 0 Å². The first-order valence-corrected chi connectivity index (χ1v) is 14.2. The minimum Gasteiger partial charge on any atom is -0.492 e. The molecule has 10 heteroatoms. The van der Waals surface area contributed by atoms with E-state index in [1.807, 2.05) is 30.3 Å². The molecule has 3 N–H and O–H groups in total. The van der Waals surface area contributed by atoms with E-state index in [9.17, 15) is 19.1 Å². The second-order valence-corrected chi connectivity index (χ2v) is 10.2. The molecule has 0 saturated heterocycles. The van der Waals surface area contributed by atoms with Gasteiger partial charge in [-0.2, -0.15) is 0 Å². The number of aryl methyl sites for hydroxylation is 2. The number of fused-ring (bicyclic) bond motifs is 1. The highest BCUT2D eigenvalue weighted by Gasteiger charge is 2.21. The number of nitrogens with one attached hydrogen (secondary N) is 2. The van der Waals surface area contributed by atoms with Crippen LogP contribution >= 0.6 is 0 Å². The van der Waals surface area contributed by atoms with Gasteiger partial charge in [-0.1, -0.05) is 24.3 Å². The van der Waals surface area contributed by atoms with Crippen LogP contribution in [0.25, 0.3) is 0 Å². The second-order valence-electron chi connectivity index (χ2n) is 10.2. The van der Waals surface area contributed by atoms with E-state index >= 15 is 0 Å². The van der Waals surface area contributed by atoms with Crippen LogP contribution in [-0.4, -0.2) is 70.7 Å². The summed E-state index contributed by atoms with van der Waals surface area (Å²) in [5.41, 5.74) is 2.72. The van der Waals surface area contributed by atoms with Crippen LogP contribution in [0.15, 0.2) is 60.8 Å². The Kier molecular flexibility index (Phi) is 11.4. The molecule has 0 saturated carbocycles. The number of carbonyl (C=O) groups excluding carboxylic acids is 1. The normalized spacial score (nSPS) is 13.2. The van der Waals surface area contributed by atoms with E-state index in [0.29, 0.717) is 25.4 Å². The Morgan fingerprint density at radius 1 is 1.05 bits per heavy atom. The third kappa shape index (κ3) is 10.1. The topological polar surface area (TPSA) is 117 Å². The Bertz CT molecular complexity index is 1260. The number of carbonyl (C=O) groups is 2. The van der Waals surface area contributed by atoms with E-state index in [1.54, 1.807) is 0 Å². The molecule has 218 valence electrons. The molecule has 1 amide bonds. The fourth-order valence-electron chi connectivity index (χ4n) is 4.78. The van der Waals surface area contributed by atoms with Gasteiger partial charge in [0, 0.05) is 31.0 Å². The van der Waals surface area contributed by atoms with Gasteiger partial charge in [-0.15, -0.1) is 0 Å². The number of benzene rings is 1. The number of aromatic nitrogens is 2. The molecule has 9 nitrogen and oxygen atoms in total. The Labute approximate surface area is 240 Å². The molecular weight excluding hydrogens is 525 g/mol. The van der Waals surface area contributed by atoms with Gasteiger partial charge in [0.25, 0.3) is 0 Å². The Morgan fingerprint density at radius 2 is 1.88 bits per heavy atom. The van der Waals surface area contributed by atoms with Crippen LogP contribution in [-0.2, 0) is 28.9 Å². The van der Waals surface area contributed by atoms with Crippen LogP contribution in [0, 0.1) is 5.82 Å². The summed E-state index contributed by atoms with van der Waals surface area (Å²) in [5, 5.41) is 15.7. The summed E-state index contributed by atoms with van der Waals surface area (Å²) in [5.74, 6) is -0.277. The minimum absolute atomic E-state index is 0.120. The molecule has 4 rings (SSSR count). The van der Waals surface area contributed by atoms with Crippen molar-refractivity contribution in [2.45, 2.75) is 51.0 Å². The monoisotopic (exact) mass is 563 g/mol. The van der Waals surface area contributed by atoms with E-state index in [-0.39, 0.29) is 12.8 Å². The van der Waals surface area contributed by atoms with Crippen molar-refractivity contribution in [2.75, 3.05) is 38.1 Å². The van der Waals surface area contributed by atoms with E-state index in [1.165, 1.54) is 17.7 Å². The number of amides is 1. The Balaban J connectivity index is 1.28. The summed E-state index contributed by atoms with van der Waals surface area (Å²) in [6.07, 6.45) is 6.09. The van der Waals surface area contributed by atoms with Gasteiger partial charge in [-0.3, -0.25) is 14.7 Å². The van der Waals surface area contributed by atoms with Crippen molar-refractivity contribution in [1.29, 1.82) is 0 Å². The van der Waals surface area contributed by atoms with Crippen LogP contribution in [0.5, 0.6) is 5.75 Å². The molecule has 0 fully saturated rings. The van der Waals surface area contributed by atoms with Crippen LogP contribution < -0.4 is 15.4 Å². The molecule has 1 aliphatic heterocycles. The summed E-state index contributed by atoms with van der Waals surface area (Å²) in [7, 11) is 0. The number of rotatable bonds is 16. The maximum absolute atomic E-state index is 13.1. The van der Waals surface area contributed by atoms with Crippen molar-refractivity contribution >= 4 is 17.7 Å². The molecule has 1 aliphatic rings. The van der Waals surface area contributed by atoms with Crippen LogP contribution in [0.4, 0.5) is 10.2 Å². The first-order chi connectivity index (χ1) is 20.0. The lowest BCUT2D eigenvalue weighted by molar-refractivity contribution is -0.142. The van der Waals surface area contributed by atoms with E-state index in [0.717, 1.165) is 68.7 Å². The number of ether oxygens (including phenoxy) is 1. The third-order valence-corrected chi connectivity index (χ3v) is 7.03. The number of aliphatic carboxylic acids is 1. The first kappa shape index (κ1) is 29.9. The molecule has 2 aromatic heterocycles.